The third kappa shape index (κ3) is 5.27. The molecule has 2 aromatic rings. The molecule has 0 radical (unpaired) electrons. The van der Waals surface area contributed by atoms with Crippen LogP contribution in [0.5, 0.6) is 5.75 Å². The Balaban J connectivity index is 0.00000160. The lowest BCUT2D eigenvalue weighted by Crippen LogP contribution is -2.45. The first kappa shape index (κ1) is 24.9. The summed E-state index contributed by atoms with van der Waals surface area (Å²) in [6.07, 6.45) is 4.33. The lowest BCUT2D eigenvalue weighted by Gasteiger charge is -2.34. The summed E-state index contributed by atoms with van der Waals surface area (Å²) < 4.78 is 5.72. The van der Waals surface area contributed by atoms with Gasteiger partial charge in [-0.2, -0.15) is 0 Å². The maximum absolute atomic E-state index is 5.72. The number of thiocarbonyl (C=S) groups is 1. The molecule has 2 aromatic carbocycles. The summed E-state index contributed by atoms with van der Waals surface area (Å²) in [7, 11) is 3.80. The van der Waals surface area contributed by atoms with E-state index in [-0.39, 0.29) is 24.8 Å². The zero-order valence-corrected chi connectivity index (χ0v) is 20.0. The van der Waals surface area contributed by atoms with Gasteiger partial charge in [0.2, 0.25) is 0 Å². The van der Waals surface area contributed by atoms with E-state index in [2.05, 4.69) is 65.0 Å². The first-order chi connectivity index (χ1) is 13.7. The van der Waals surface area contributed by atoms with Gasteiger partial charge in [-0.15, -0.1) is 24.8 Å². The molecule has 4 nitrogen and oxygen atoms in total. The predicted octanol–water partition coefficient (Wildman–Crippen LogP) is 4.83. The Hall–Kier alpha value is -1.37. The number of hydrogen-bond donors (Lipinski definition) is 2. The summed E-state index contributed by atoms with van der Waals surface area (Å²) in [5, 5.41) is 7.50. The molecule has 1 fully saturated rings. The molecule has 0 spiro atoms. The van der Waals surface area contributed by atoms with Crippen LogP contribution in [0.4, 0.5) is 5.69 Å². The molecule has 1 saturated heterocycles. The summed E-state index contributed by atoms with van der Waals surface area (Å²) in [6, 6.07) is 16.0. The fraction of sp³-hybridized carbons (Fsp3) is 0.435. The van der Waals surface area contributed by atoms with Crippen LogP contribution in [0.1, 0.15) is 42.0 Å². The van der Waals surface area contributed by atoms with E-state index in [1.807, 2.05) is 0 Å². The van der Waals surface area contributed by atoms with Gasteiger partial charge in [0, 0.05) is 49.4 Å². The molecule has 2 N–H and O–H groups in total. The number of methoxy groups -OCH3 is 1. The Kier molecular flexibility index (Phi) is 9.38. The number of rotatable bonds is 5. The van der Waals surface area contributed by atoms with Crippen molar-refractivity contribution in [2.24, 2.45) is 0 Å². The van der Waals surface area contributed by atoms with Crippen LogP contribution in [0.3, 0.4) is 0 Å². The normalized spacial score (nSPS) is 20.6. The van der Waals surface area contributed by atoms with E-state index >= 15 is 0 Å². The van der Waals surface area contributed by atoms with E-state index in [9.17, 15) is 0 Å². The molecule has 30 heavy (non-hydrogen) atoms. The lowest BCUT2D eigenvalue weighted by molar-refractivity contribution is 0.303. The molecule has 0 saturated carbocycles. The Morgan fingerprint density at radius 2 is 1.93 bits per heavy atom. The molecule has 2 heterocycles. The minimum Gasteiger partial charge on any atom is -0.496 e. The number of hydrogen-bond acceptors (Lipinski definition) is 4. The van der Waals surface area contributed by atoms with Crippen LogP contribution in [0.2, 0.25) is 0 Å². The Morgan fingerprint density at radius 3 is 2.67 bits per heavy atom. The second-order valence-corrected chi connectivity index (χ2v) is 8.19. The molecule has 2 aliphatic heterocycles. The second-order valence-electron chi connectivity index (χ2n) is 7.72. The van der Waals surface area contributed by atoms with Gasteiger partial charge in [-0.05, 0) is 43.0 Å². The van der Waals surface area contributed by atoms with E-state index in [0.717, 1.165) is 36.7 Å². The van der Waals surface area contributed by atoms with Gasteiger partial charge in [-0.3, -0.25) is 0 Å². The smallest absolute Gasteiger partial charge is 0.125 e. The van der Waals surface area contributed by atoms with Crippen LogP contribution in [0.25, 0.3) is 0 Å². The molecule has 7 heteroatoms. The predicted molar refractivity (Wildman–Crippen MR) is 134 cm³/mol. The van der Waals surface area contributed by atoms with Gasteiger partial charge in [-0.25, -0.2) is 0 Å². The molecular weight excluding hydrogens is 437 g/mol. The SMILES string of the molecule is COc1cc2c(cc1CN[C@H]1CCCN[C@H]1c1ccccc1)CCC(=S)N2C.Cl.Cl. The number of benzene rings is 2. The number of ether oxygens (including phenoxy) is 1. The summed E-state index contributed by atoms with van der Waals surface area (Å²) in [5.74, 6) is 0.933. The molecule has 4 rings (SSSR count). The van der Waals surface area contributed by atoms with Gasteiger partial charge >= 0.3 is 0 Å². The molecule has 0 amide bonds. The number of aryl methyl sites for hydroxylation is 1. The van der Waals surface area contributed by atoms with Crippen molar-refractivity contribution in [2.45, 2.75) is 44.3 Å². The number of nitrogens with one attached hydrogen (secondary N) is 2. The third-order valence-electron chi connectivity index (χ3n) is 6.00. The number of piperidine rings is 1. The largest absolute Gasteiger partial charge is 0.496 e. The number of nitrogens with zero attached hydrogens (tertiary/aromatic N) is 1. The topological polar surface area (TPSA) is 36.5 Å². The van der Waals surface area contributed by atoms with Gasteiger partial charge in [-0.1, -0.05) is 42.5 Å². The van der Waals surface area contributed by atoms with Crippen molar-refractivity contribution >= 4 is 47.7 Å². The second kappa shape index (κ2) is 11.3. The average molecular weight is 468 g/mol. The highest BCUT2D eigenvalue weighted by Crippen LogP contribution is 2.34. The van der Waals surface area contributed by atoms with Gasteiger partial charge in [0.25, 0.3) is 0 Å². The minimum absolute atomic E-state index is 0. The first-order valence-electron chi connectivity index (χ1n) is 10.2. The van der Waals surface area contributed by atoms with Crippen LogP contribution < -0.4 is 20.3 Å². The van der Waals surface area contributed by atoms with Crippen LogP contribution >= 0.6 is 37.0 Å². The average Bonchev–Trinajstić information content (AvgIpc) is 2.75. The van der Waals surface area contributed by atoms with E-state index in [1.54, 1.807) is 7.11 Å². The van der Waals surface area contributed by atoms with Gasteiger partial charge in [0.1, 0.15) is 5.75 Å². The molecule has 2 aliphatic rings. The number of fused-ring (bicyclic) bond motifs is 1. The monoisotopic (exact) mass is 467 g/mol. The Morgan fingerprint density at radius 1 is 1.17 bits per heavy atom. The minimum atomic E-state index is 0. The van der Waals surface area contributed by atoms with Crippen LogP contribution in [0, 0.1) is 0 Å². The maximum atomic E-state index is 5.72. The molecule has 2 atom stereocenters. The molecule has 0 bridgehead atoms. The van der Waals surface area contributed by atoms with Gasteiger partial charge in [0.05, 0.1) is 12.1 Å². The maximum Gasteiger partial charge on any atom is 0.125 e. The Bertz CT molecular complexity index is 850. The van der Waals surface area contributed by atoms with Crippen LogP contribution in [-0.4, -0.2) is 31.7 Å². The Labute approximate surface area is 197 Å². The van der Waals surface area contributed by atoms with Crippen molar-refractivity contribution in [3.05, 3.63) is 59.2 Å². The highest BCUT2D eigenvalue weighted by molar-refractivity contribution is 7.80. The van der Waals surface area contributed by atoms with Crippen molar-refractivity contribution < 1.29 is 4.74 Å². The lowest BCUT2D eigenvalue weighted by atomic mass is 9.92. The summed E-state index contributed by atoms with van der Waals surface area (Å²) in [5.41, 5.74) is 5.11. The highest BCUT2D eigenvalue weighted by atomic mass is 35.5. The zero-order chi connectivity index (χ0) is 19.5. The van der Waals surface area contributed by atoms with Gasteiger partial charge in [0.15, 0.2) is 0 Å². The third-order valence-corrected chi connectivity index (χ3v) is 6.48. The van der Waals surface area contributed by atoms with Crippen molar-refractivity contribution in [3.8, 4) is 5.75 Å². The van der Waals surface area contributed by atoms with Crippen LogP contribution in [-0.2, 0) is 13.0 Å². The van der Waals surface area contributed by atoms with E-state index in [4.69, 9.17) is 17.0 Å². The summed E-state index contributed by atoms with van der Waals surface area (Å²) in [6.45, 7) is 1.88. The molecule has 0 aliphatic carbocycles. The van der Waals surface area contributed by atoms with Crippen molar-refractivity contribution in [3.63, 3.8) is 0 Å². The number of halogens is 2. The van der Waals surface area contributed by atoms with E-state index in [1.165, 1.54) is 35.2 Å². The zero-order valence-electron chi connectivity index (χ0n) is 17.5. The van der Waals surface area contributed by atoms with Crippen molar-refractivity contribution in [1.29, 1.82) is 0 Å². The molecule has 164 valence electrons. The molecular formula is C23H31Cl2N3OS. The van der Waals surface area contributed by atoms with Gasteiger partial charge < -0.3 is 20.3 Å². The summed E-state index contributed by atoms with van der Waals surface area (Å²) in [4.78, 5) is 3.11. The fourth-order valence-electron chi connectivity index (χ4n) is 4.41. The molecule has 0 aromatic heterocycles. The number of anilines is 1. The van der Waals surface area contributed by atoms with E-state index < -0.39 is 0 Å². The summed E-state index contributed by atoms with van der Waals surface area (Å²) >= 11 is 5.48. The highest BCUT2D eigenvalue weighted by Gasteiger charge is 2.26. The molecule has 0 unspecified atom stereocenters. The standard InChI is InChI=1S/C23H29N3OS.2ClH/c1-26-20-14-21(27-2)18(13-17(20)10-11-22(26)28)15-25-19-9-6-12-24-23(19)16-7-4-3-5-8-16;;/h3-5,7-8,13-14,19,23-25H,6,9-12,15H2,1-2H3;2*1H/t19-,23-;;/m0../s1. The van der Waals surface area contributed by atoms with Crippen LogP contribution in [0.15, 0.2) is 42.5 Å². The van der Waals surface area contributed by atoms with E-state index in [0.29, 0.717) is 12.1 Å². The fourth-order valence-corrected chi connectivity index (χ4v) is 4.61. The quantitative estimate of drug-likeness (QED) is 0.615. The first-order valence-corrected chi connectivity index (χ1v) is 10.6. The van der Waals surface area contributed by atoms with Crippen molar-refractivity contribution in [2.75, 3.05) is 25.6 Å². The van der Waals surface area contributed by atoms with Crippen molar-refractivity contribution in [1.82, 2.24) is 10.6 Å².